The zero-order chi connectivity index (χ0) is 13.1. The predicted molar refractivity (Wildman–Crippen MR) is 63.8 cm³/mol. The molecule has 0 aromatic rings. The van der Waals surface area contributed by atoms with Crippen LogP contribution in [0.15, 0.2) is 37.1 Å². The Bertz CT molecular complexity index is 320. The van der Waals surface area contributed by atoms with Gasteiger partial charge >= 0.3 is 11.9 Å². The number of hydrogen-bond donors (Lipinski definition) is 1. The van der Waals surface area contributed by atoms with Gasteiger partial charge in [0.05, 0.1) is 12.8 Å². The zero-order valence-electron chi connectivity index (χ0n) is 9.69. The highest BCUT2D eigenvalue weighted by Crippen LogP contribution is 1.99. The van der Waals surface area contributed by atoms with Gasteiger partial charge in [-0.3, -0.25) is 9.59 Å². The minimum absolute atomic E-state index is 0.0222. The molecule has 0 heterocycles. The molecule has 0 saturated heterocycles. The van der Waals surface area contributed by atoms with E-state index in [4.69, 9.17) is 15.2 Å². The second-order valence-electron chi connectivity index (χ2n) is 3.10. The summed E-state index contributed by atoms with van der Waals surface area (Å²) in [5.74, 6) is -0.884. The van der Waals surface area contributed by atoms with Crippen LogP contribution in [0.5, 0.6) is 0 Å². The van der Waals surface area contributed by atoms with Crippen molar-refractivity contribution in [2.24, 2.45) is 5.73 Å². The van der Waals surface area contributed by atoms with E-state index >= 15 is 0 Å². The number of esters is 2. The summed E-state index contributed by atoms with van der Waals surface area (Å²) in [6.07, 6.45) is 4.33. The molecule has 5 nitrogen and oxygen atoms in total. The highest BCUT2D eigenvalue weighted by atomic mass is 16.5. The van der Waals surface area contributed by atoms with Crippen molar-refractivity contribution < 1.29 is 19.1 Å². The molecule has 2 N–H and O–H groups in total. The third-order valence-electron chi connectivity index (χ3n) is 1.60. The molecule has 0 radical (unpaired) electrons. The standard InChI is InChI=1S/C12H17NO4/c1-3-7-16-11(14)6-5-10(13)9-12(15)17-8-4-2/h3-5H,1-2,6-9,13H2. The maximum absolute atomic E-state index is 11.1. The van der Waals surface area contributed by atoms with Crippen molar-refractivity contribution in [3.05, 3.63) is 37.1 Å². The van der Waals surface area contributed by atoms with Gasteiger partial charge in [0.1, 0.15) is 13.2 Å². The van der Waals surface area contributed by atoms with Crippen LogP contribution in [-0.2, 0) is 19.1 Å². The van der Waals surface area contributed by atoms with E-state index in [1.54, 1.807) is 0 Å². The molecule has 0 unspecified atom stereocenters. The first-order chi connectivity index (χ1) is 8.10. The van der Waals surface area contributed by atoms with E-state index in [9.17, 15) is 9.59 Å². The molecular formula is C12H17NO4. The van der Waals surface area contributed by atoms with Crippen LogP contribution in [0.4, 0.5) is 0 Å². The van der Waals surface area contributed by atoms with Crippen molar-refractivity contribution in [2.75, 3.05) is 13.2 Å². The lowest BCUT2D eigenvalue weighted by atomic mass is 10.2. The Morgan fingerprint density at radius 3 is 2.12 bits per heavy atom. The summed E-state index contributed by atoms with van der Waals surface area (Å²) in [7, 11) is 0. The molecule has 0 amide bonds. The summed E-state index contributed by atoms with van der Waals surface area (Å²) in [5.41, 5.74) is 5.80. The predicted octanol–water partition coefficient (Wildman–Crippen LogP) is 1.07. The van der Waals surface area contributed by atoms with Crippen LogP contribution in [0.25, 0.3) is 0 Å². The fourth-order valence-electron chi connectivity index (χ4n) is 0.867. The molecule has 0 aliphatic heterocycles. The molecular weight excluding hydrogens is 222 g/mol. The molecule has 0 bridgehead atoms. The third-order valence-corrected chi connectivity index (χ3v) is 1.60. The van der Waals surface area contributed by atoms with E-state index in [1.165, 1.54) is 18.2 Å². The lowest BCUT2D eigenvalue weighted by Gasteiger charge is -2.02. The summed E-state index contributed by atoms with van der Waals surface area (Å²) >= 11 is 0. The Kier molecular flexibility index (Phi) is 8.10. The van der Waals surface area contributed by atoms with E-state index in [2.05, 4.69) is 13.2 Å². The molecule has 17 heavy (non-hydrogen) atoms. The van der Waals surface area contributed by atoms with Gasteiger partial charge in [0, 0.05) is 5.70 Å². The second kappa shape index (κ2) is 9.21. The Morgan fingerprint density at radius 1 is 1.06 bits per heavy atom. The normalized spacial score (nSPS) is 10.5. The zero-order valence-corrected chi connectivity index (χ0v) is 9.69. The maximum atomic E-state index is 11.1. The molecule has 0 rings (SSSR count). The molecule has 0 aliphatic carbocycles. The van der Waals surface area contributed by atoms with Gasteiger partial charge in [0.2, 0.25) is 0 Å². The molecule has 0 aromatic heterocycles. The van der Waals surface area contributed by atoms with Crippen LogP contribution in [0.2, 0.25) is 0 Å². The quantitative estimate of drug-likeness (QED) is 0.506. The van der Waals surface area contributed by atoms with Crippen molar-refractivity contribution in [3.63, 3.8) is 0 Å². The summed E-state index contributed by atoms with van der Waals surface area (Å²) < 4.78 is 9.45. The number of rotatable bonds is 8. The van der Waals surface area contributed by atoms with Crippen LogP contribution in [0, 0.1) is 0 Å². The molecule has 94 valence electrons. The van der Waals surface area contributed by atoms with Crippen LogP contribution < -0.4 is 5.73 Å². The van der Waals surface area contributed by atoms with Gasteiger partial charge in [-0.15, -0.1) is 0 Å². The maximum Gasteiger partial charge on any atom is 0.312 e. The first kappa shape index (κ1) is 15.0. The van der Waals surface area contributed by atoms with E-state index in [-0.39, 0.29) is 31.8 Å². The first-order valence-corrected chi connectivity index (χ1v) is 5.07. The largest absolute Gasteiger partial charge is 0.461 e. The fourth-order valence-corrected chi connectivity index (χ4v) is 0.867. The Morgan fingerprint density at radius 2 is 1.59 bits per heavy atom. The van der Waals surface area contributed by atoms with Gasteiger partial charge in [0.15, 0.2) is 0 Å². The summed E-state index contributed by atoms with van der Waals surface area (Å²) in [5, 5.41) is 0. The summed E-state index contributed by atoms with van der Waals surface area (Å²) in [6, 6.07) is 0. The molecule has 0 aromatic carbocycles. The van der Waals surface area contributed by atoms with Crippen molar-refractivity contribution in [1.29, 1.82) is 0 Å². The van der Waals surface area contributed by atoms with Crippen molar-refractivity contribution in [1.82, 2.24) is 0 Å². The van der Waals surface area contributed by atoms with Crippen molar-refractivity contribution in [2.45, 2.75) is 12.8 Å². The second-order valence-corrected chi connectivity index (χ2v) is 3.10. The topological polar surface area (TPSA) is 78.6 Å². The van der Waals surface area contributed by atoms with Crippen LogP contribution >= 0.6 is 0 Å². The van der Waals surface area contributed by atoms with Gasteiger partial charge in [0.25, 0.3) is 0 Å². The van der Waals surface area contributed by atoms with Crippen molar-refractivity contribution in [3.8, 4) is 0 Å². The Labute approximate surface area is 101 Å². The minimum Gasteiger partial charge on any atom is -0.461 e. The molecule has 5 heteroatoms. The average molecular weight is 239 g/mol. The number of carbonyl (C=O) groups is 2. The minimum atomic E-state index is -0.460. The van der Waals surface area contributed by atoms with Gasteiger partial charge < -0.3 is 15.2 Å². The average Bonchev–Trinajstić information content (AvgIpc) is 2.31. The van der Waals surface area contributed by atoms with Crippen LogP contribution in [0.1, 0.15) is 12.8 Å². The fraction of sp³-hybridized carbons (Fsp3) is 0.333. The number of ether oxygens (including phenoxy) is 2. The highest BCUT2D eigenvalue weighted by molar-refractivity contribution is 5.74. The molecule has 0 aliphatic rings. The molecule has 0 fully saturated rings. The molecule has 0 saturated carbocycles. The van der Waals surface area contributed by atoms with E-state index in [1.807, 2.05) is 0 Å². The number of carbonyl (C=O) groups excluding carboxylic acids is 2. The van der Waals surface area contributed by atoms with Crippen LogP contribution in [0.3, 0.4) is 0 Å². The smallest absolute Gasteiger partial charge is 0.312 e. The summed E-state index contributed by atoms with van der Waals surface area (Å²) in [4.78, 5) is 22.2. The lowest BCUT2D eigenvalue weighted by molar-refractivity contribution is -0.142. The number of nitrogens with two attached hydrogens (primary N) is 1. The Hall–Kier alpha value is -2.04. The summed E-state index contributed by atoms with van der Waals surface area (Å²) in [6.45, 7) is 7.12. The van der Waals surface area contributed by atoms with Gasteiger partial charge in [-0.25, -0.2) is 0 Å². The molecule has 0 spiro atoms. The van der Waals surface area contributed by atoms with Gasteiger partial charge in [-0.1, -0.05) is 31.4 Å². The molecule has 0 atom stereocenters. The van der Waals surface area contributed by atoms with E-state index in [0.717, 1.165) is 0 Å². The highest BCUT2D eigenvalue weighted by Gasteiger charge is 2.05. The number of hydrogen-bond acceptors (Lipinski definition) is 5. The van der Waals surface area contributed by atoms with Crippen LogP contribution in [-0.4, -0.2) is 25.2 Å². The van der Waals surface area contributed by atoms with Crippen molar-refractivity contribution >= 4 is 11.9 Å². The van der Waals surface area contributed by atoms with E-state index in [0.29, 0.717) is 0 Å². The van der Waals surface area contributed by atoms with Gasteiger partial charge in [-0.05, 0) is 0 Å². The SMILES string of the molecule is C=CCOC(=O)CC=C(N)CC(=O)OCC=C. The third kappa shape index (κ3) is 8.92. The monoisotopic (exact) mass is 239 g/mol. The van der Waals surface area contributed by atoms with Gasteiger partial charge in [-0.2, -0.15) is 0 Å². The Balaban J connectivity index is 3.91. The first-order valence-electron chi connectivity index (χ1n) is 5.07. The lowest BCUT2D eigenvalue weighted by Crippen LogP contribution is -2.11. The van der Waals surface area contributed by atoms with E-state index < -0.39 is 11.9 Å².